The highest BCUT2D eigenvalue weighted by molar-refractivity contribution is 7.90. The molecule has 2 heterocycles. The van der Waals surface area contributed by atoms with Crippen LogP contribution in [0.25, 0.3) is 11.0 Å². The minimum atomic E-state index is -3.56. The molecule has 2 aromatic rings. The number of anilines is 1. The minimum Gasteiger partial charge on any atom is -0.328 e. The second-order valence-corrected chi connectivity index (χ2v) is 12.6. The van der Waals surface area contributed by atoms with Crippen LogP contribution in [0.1, 0.15) is 71.5 Å². The molecule has 4 rings (SSSR count). The summed E-state index contributed by atoms with van der Waals surface area (Å²) in [5.74, 6) is -1.28. The van der Waals surface area contributed by atoms with Crippen LogP contribution < -0.4 is 4.31 Å². The molecule has 6 nitrogen and oxygen atoms in total. The molecule has 2 fully saturated rings. The molecule has 9 heteroatoms. The van der Waals surface area contributed by atoms with E-state index >= 15 is 0 Å². The second-order valence-electron chi connectivity index (χ2n) is 10.7. The van der Waals surface area contributed by atoms with Crippen LogP contribution in [0.2, 0.25) is 0 Å². The van der Waals surface area contributed by atoms with Gasteiger partial charge in [0.15, 0.2) is 0 Å². The summed E-state index contributed by atoms with van der Waals surface area (Å²) in [6, 6.07) is 5.62. The zero-order chi connectivity index (χ0) is 24.0. The Balaban J connectivity index is 1.60. The summed E-state index contributed by atoms with van der Waals surface area (Å²) in [4.78, 5) is 4.90. The number of rotatable bonds is 6. The summed E-state index contributed by atoms with van der Waals surface area (Å²) in [6.07, 6.45) is 3.72. The van der Waals surface area contributed by atoms with Crippen LogP contribution in [-0.2, 0) is 22.2 Å². The van der Waals surface area contributed by atoms with Crippen LogP contribution in [0.15, 0.2) is 18.2 Å². The number of aryl methyl sites for hydroxylation is 1. The maximum absolute atomic E-state index is 13.5. The number of hydrogen-bond acceptors (Lipinski definition) is 3. The van der Waals surface area contributed by atoms with Crippen molar-refractivity contribution in [1.29, 1.82) is 0 Å². The lowest BCUT2D eigenvalue weighted by molar-refractivity contribution is -0.0468. The number of alkyl halides is 2. The zero-order valence-corrected chi connectivity index (χ0v) is 21.0. The summed E-state index contributed by atoms with van der Waals surface area (Å²) >= 11 is 0. The largest absolute Gasteiger partial charge is 0.328 e. The first kappa shape index (κ1) is 24.4. The molecule has 0 atom stereocenters. The van der Waals surface area contributed by atoms with Gasteiger partial charge in [0, 0.05) is 44.9 Å². The maximum atomic E-state index is 13.5. The van der Waals surface area contributed by atoms with Crippen molar-refractivity contribution >= 4 is 26.9 Å². The Hall–Kier alpha value is -1.74. The molecule has 33 heavy (non-hydrogen) atoms. The van der Waals surface area contributed by atoms with Gasteiger partial charge >= 0.3 is 10.2 Å². The van der Waals surface area contributed by atoms with E-state index in [2.05, 4.69) is 25.3 Å². The van der Waals surface area contributed by atoms with Crippen molar-refractivity contribution in [3.05, 3.63) is 24.0 Å². The van der Waals surface area contributed by atoms with Crippen molar-refractivity contribution in [3.63, 3.8) is 0 Å². The van der Waals surface area contributed by atoms with E-state index in [0.29, 0.717) is 37.5 Å². The fourth-order valence-corrected chi connectivity index (χ4v) is 6.48. The van der Waals surface area contributed by atoms with Crippen LogP contribution in [0.5, 0.6) is 0 Å². The fraction of sp³-hybridized carbons (Fsp3) is 0.708. The van der Waals surface area contributed by atoms with Crippen LogP contribution in [-0.4, -0.2) is 48.3 Å². The van der Waals surface area contributed by atoms with Gasteiger partial charge in [-0.2, -0.15) is 12.7 Å². The van der Waals surface area contributed by atoms with Crippen molar-refractivity contribution in [3.8, 4) is 0 Å². The average Bonchev–Trinajstić information content (AvgIpc) is 3.40. The van der Waals surface area contributed by atoms with E-state index in [9.17, 15) is 17.2 Å². The molecule has 0 amide bonds. The Kier molecular flexibility index (Phi) is 6.50. The van der Waals surface area contributed by atoms with Gasteiger partial charge in [-0.05, 0) is 56.2 Å². The van der Waals surface area contributed by atoms with E-state index in [1.807, 2.05) is 18.2 Å². The molecule has 1 aliphatic heterocycles. The SMILES string of the molecule is CN(c1ccc2c(c1)nc(C(C)(C)C)n2CCC1CCC(F)(F)CC1)S(=O)(=O)N1CCCC1. The molecule has 0 N–H and O–H groups in total. The van der Waals surface area contributed by atoms with Gasteiger partial charge in [0.2, 0.25) is 5.92 Å². The third kappa shape index (κ3) is 5.04. The Morgan fingerprint density at radius 1 is 1.15 bits per heavy atom. The van der Waals surface area contributed by atoms with Crippen molar-refractivity contribution in [1.82, 2.24) is 13.9 Å². The number of fused-ring (bicyclic) bond motifs is 1. The third-order valence-electron chi connectivity index (χ3n) is 7.10. The predicted octanol–water partition coefficient (Wildman–Crippen LogP) is 5.33. The standard InChI is InChI=1S/C24H36F2N4O2S/c1-23(2,3)22-27-20-17-19(28(4)33(31,32)29-14-5-6-15-29)7-8-21(20)30(22)16-11-18-9-12-24(25,26)13-10-18/h7-8,17-18H,5-6,9-16H2,1-4H3. The molecular formula is C24H36F2N4O2S. The van der Waals surface area contributed by atoms with Gasteiger partial charge in [-0.3, -0.25) is 4.31 Å². The number of hydrogen-bond donors (Lipinski definition) is 0. The maximum Gasteiger partial charge on any atom is 0.303 e. The van der Waals surface area contributed by atoms with Crippen molar-refractivity contribution in [2.75, 3.05) is 24.4 Å². The molecule has 2 aliphatic rings. The Morgan fingerprint density at radius 3 is 2.39 bits per heavy atom. The molecule has 1 aromatic heterocycles. The molecule has 0 unspecified atom stereocenters. The highest BCUT2D eigenvalue weighted by Gasteiger charge is 2.35. The number of aromatic nitrogens is 2. The average molecular weight is 483 g/mol. The normalized spacial score (nSPS) is 20.5. The van der Waals surface area contributed by atoms with Crippen molar-refractivity contribution in [2.45, 2.75) is 83.6 Å². The Labute approximate surface area is 196 Å². The van der Waals surface area contributed by atoms with E-state index in [4.69, 9.17) is 4.98 Å². The highest BCUT2D eigenvalue weighted by atomic mass is 32.2. The molecule has 0 spiro atoms. The van der Waals surface area contributed by atoms with E-state index < -0.39 is 16.1 Å². The predicted molar refractivity (Wildman–Crippen MR) is 128 cm³/mol. The molecule has 1 aliphatic carbocycles. The number of benzene rings is 1. The van der Waals surface area contributed by atoms with Crippen LogP contribution in [0.3, 0.4) is 0 Å². The van der Waals surface area contributed by atoms with Gasteiger partial charge in [-0.15, -0.1) is 0 Å². The smallest absolute Gasteiger partial charge is 0.303 e. The van der Waals surface area contributed by atoms with Gasteiger partial charge in [0.25, 0.3) is 0 Å². The summed E-state index contributed by atoms with van der Waals surface area (Å²) in [5.41, 5.74) is 2.11. The molecule has 1 aromatic carbocycles. The van der Waals surface area contributed by atoms with E-state index in [1.165, 1.54) is 8.61 Å². The first-order valence-electron chi connectivity index (χ1n) is 12.0. The van der Waals surface area contributed by atoms with Crippen LogP contribution in [0.4, 0.5) is 14.5 Å². The second kappa shape index (κ2) is 8.80. The molecule has 184 valence electrons. The van der Waals surface area contributed by atoms with Gasteiger partial charge in [-0.25, -0.2) is 13.8 Å². The quantitative estimate of drug-likeness (QED) is 0.559. The van der Waals surface area contributed by atoms with Crippen molar-refractivity contribution < 1.29 is 17.2 Å². The van der Waals surface area contributed by atoms with E-state index in [1.54, 1.807) is 7.05 Å². The Morgan fingerprint density at radius 2 is 1.79 bits per heavy atom. The molecule has 1 saturated heterocycles. The van der Waals surface area contributed by atoms with Gasteiger partial charge < -0.3 is 4.57 Å². The minimum absolute atomic E-state index is 0.0182. The Bertz CT molecular complexity index is 1090. The van der Waals surface area contributed by atoms with Gasteiger partial charge in [0.1, 0.15) is 5.82 Å². The van der Waals surface area contributed by atoms with Gasteiger partial charge in [-0.1, -0.05) is 20.8 Å². The summed E-state index contributed by atoms with van der Waals surface area (Å²) < 4.78 is 58.1. The number of halogens is 2. The zero-order valence-electron chi connectivity index (χ0n) is 20.1. The lowest BCUT2D eigenvalue weighted by Crippen LogP contribution is -2.40. The van der Waals surface area contributed by atoms with Crippen molar-refractivity contribution in [2.24, 2.45) is 5.92 Å². The summed E-state index contributed by atoms with van der Waals surface area (Å²) in [5, 5.41) is 0. The van der Waals surface area contributed by atoms with E-state index in [0.717, 1.165) is 42.7 Å². The van der Waals surface area contributed by atoms with Crippen LogP contribution in [0, 0.1) is 5.92 Å². The topological polar surface area (TPSA) is 58.4 Å². The number of imidazole rings is 1. The third-order valence-corrected chi connectivity index (χ3v) is 9.02. The lowest BCUT2D eigenvalue weighted by Gasteiger charge is -2.29. The van der Waals surface area contributed by atoms with Gasteiger partial charge in [0.05, 0.1) is 16.7 Å². The first-order valence-corrected chi connectivity index (χ1v) is 13.4. The van der Waals surface area contributed by atoms with E-state index in [-0.39, 0.29) is 18.3 Å². The molecule has 1 saturated carbocycles. The monoisotopic (exact) mass is 482 g/mol. The summed E-state index contributed by atoms with van der Waals surface area (Å²) in [6.45, 7) is 8.17. The fourth-order valence-electron chi connectivity index (χ4n) is 5.04. The lowest BCUT2D eigenvalue weighted by atomic mass is 9.84. The highest BCUT2D eigenvalue weighted by Crippen LogP contribution is 2.38. The molecule has 0 radical (unpaired) electrons. The first-order chi connectivity index (χ1) is 15.4. The summed E-state index contributed by atoms with van der Waals surface area (Å²) in [7, 11) is -1.96. The number of nitrogens with zero attached hydrogens (tertiary/aromatic N) is 4. The molecular weight excluding hydrogens is 446 g/mol. The molecule has 0 bridgehead atoms. The van der Waals surface area contributed by atoms with Crippen LogP contribution >= 0.6 is 0 Å².